The summed E-state index contributed by atoms with van der Waals surface area (Å²) in [7, 11) is 0. The van der Waals surface area contributed by atoms with Gasteiger partial charge in [0.15, 0.2) is 11.3 Å². The van der Waals surface area contributed by atoms with Gasteiger partial charge in [0.25, 0.3) is 5.91 Å². The predicted octanol–water partition coefficient (Wildman–Crippen LogP) is 3.14. The molecule has 0 unspecified atom stereocenters. The molecule has 5 rings (SSSR count). The monoisotopic (exact) mass is 476 g/mol. The Kier molecular flexibility index (Phi) is 5.12. The summed E-state index contributed by atoms with van der Waals surface area (Å²) in [6.45, 7) is 8.65. The van der Waals surface area contributed by atoms with E-state index in [2.05, 4.69) is 30.7 Å². The van der Waals surface area contributed by atoms with Crippen LogP contribution in [0.2, 0.25) is 0 Å². The van der Waals surface area contributed by atoms with Gasteiger partial charge in [-0.1, -0.05) is 0 Å². The van der Waals surface area contributed by atoms with Crippen LogP contribution in [-0.4, -0.2) is 56.5 Å². The summed E-state index contributed by atoms with van der Waals surface area (Å²) in [4.78, 5) is 19.9. The average molecular weight is 477 g/mol. The Balaban J connectivity index is 1.45. The van der Waals surface area contributed by atoms with Gasteiger partial charge < -0.3 is 15.5 Å². The summed E-state index contributed by atoms with van der Waals surface area (Å²) in [6, 6.07) is 1.85. The predicted molar refractivity (Wildman–Crippen MR) is 120 cm³/mol. The van der Waals surface area contributed by atoms with Crippen LogP contribution in [0.5, 0.6) is 0 Å². The number of rotatable bonds is 3. The lowest BCUT2D eigenvalue weighted by atomic mass is 10.1. The number of hydrogen-bond acceptors (Lipinski definition) is 6. The minimum absolute atomic E-state index is 0.0903. The zero-order valence-corrected chi connectivity index (χ0v) is 19.3. The molecule has 1 saturated heterocycles. The van der Waals surface area contributed by atoms with E-state index < -0.39 is 29.0 Å². The molecule has 1 aliphatic carbocycles. The smallest absolute Gasteiger partial charge is 0.355 e. The first-order valence-corrected chi connectivity index (χ1v) is 11.2. The van der Waals surface area contributed by atoms with Crippen molar-refractivity contribution < 1.29 is 18.0 Å². The fraction of sp³-hybridized carbons (Fsp3) is 0.545. The molecule has 1 aliphatic heterocycles. The van der Waals surface area contributed by atoms with Gasteiger partial charge >= 0.3 is 6.18 Å². The van der Waals surface area contributed by atoms with Crippen LogP contribution in [0, 0.1) is 5.41 Å². The largest absolute Gasteiger partial charge is 0.437 e. The molecule has 34 heavy (non-hydrogen) atoms. The second-order valence-corrected chi connectivity index (χ2v) is 10.2. The maximum Gasteiger partial charge on any atom is 0.437 e. The number of alkyl halides is 3. The normalized spacial score (nSPS) is 18.4. The van der Waals surface area contributed by atoms with Crippen molar-refractivity contribution in [3.05, 3.63) is 35.9 Å². The zero-order valence-electron chi connectivity index (χ0n) is 19.3. The van der Waals surface area contributed by atoms with Crippen molar-refractivity contribution in [2.24, 2.45) is 5.41 Å². The highest BCUT2D eigenvalue weighted by Crippen LogP contribution is 2.46. The van der Waals surface area contributed by atoms with E-state index in [1.54, 1.807) is 27.0 Å². The SMILES string of the molecule is CC(C)(C)n1cc(NC(=O)c2cnn3ccc(N4CCNCC5(CC5)C4)nc23)c(C(F)(F)F)n1. The molecule has 4 heterocycles. The third kappa shape index (κ3) is 4.22. The van der Waals surface area contributed by atoms with Crippen LogP contribution in [0.1, 0.15) is 49.7 Å². The quantitative estimate of drug-likeness (QED) is 0.604. The minimum Gasteiger partial charge on any atom is -0.355 e. The lowest BCUT2D eigenvalue weighted by molar-refractivity contribution is -0.141. The van der Waals surface area contributed by atoms with Crippen LogP contribution in [0.3, 0.4) is 0 Å². The van der Waals surface area contributed by atoms with Crippen LogP contribution in [0.15, 0.2) is 24.7 Å². The molecule has 3 aromatic rings. The molecule has 9 nitrogen and oxygen atoms in total. The van der Waals surface area contributed by atoms with Gasteiger partial charge in [-0.05, 0) is 39.7 Å². The van der Waals surface area contributed by atoms with Crippen molar-refractivity contribution in [3.8, 4) is 0 Å². The highest BCUT2D eigenvalue weighted by atomic mass is 19.4. The van der Waals surface area contributed by atoms with Gasteiger partial charge in [-0.2, -0.15) is 23.4 Å². The van der Waals surface area contributed by atoms with E-state index >= 15 is 0 Å². The average Bonchev–Trinajstić information content (AvgIpc) is 3.23. The lowest BCUT2D eigenvalue weighted by Crippen LogP contribution is -2.31. The summed E-state index contributed by atoms with van der Waals surface area (Å²) in [6.07, 6.45) is 1.85. The number of amides is 1. The van der Waals surface area contributed by atoms with Crippen LogP contribution >= 0.6 is 0 Å². The Morgan fingerprint density at radius 2 is 2.00 bits per heavy atom. The number of halogens is 3. The van der Waals surface area contributed by atoms with E-state index in [1.807, 2.05) is 6.07 Å². The molecule has 2 aliphatic rings. The highest BCUT2D eigenvalue weighted by Gasteiger charge is 2.45. The van der Waals surface area contributed by atoms with Crippen LogP contribution in [-0.2, 0) is 11.7 Å². The highest BCUT2D eigenvalue weighted by molar-refractivity contribution is 6.08. The Labute approximate surface area is 194 Å². The maximum absolute atomic E-state index is 13.6. The summed E-state index contributed by atoms with van der Waals surface area (Å²) < 4.78 is 43.4. The molecule has 182 valence electrons. The van der Waals surface area contributed by atoms with Gasteiger partial charge in [0.05, 0.1) is 17.4 Å². The van der Waals surface area contributed by atoms with Gasteiger partial charge in [0.2, 0.25) is 0 Å². The maximum atomic E-state index is 13.6. The molecule has 2 N–H and O–H groups in total. The minimum atomic E-state index is -4.72. The van der Waals surface area contributed by atoms with Gasteiger partial charge in [0.1, 0.15) is 11.4 Å². The Morgan fingerprint density at radius 3 is 2.68 bits per heavy atom. The van der Waals surface area contributed by atoms with E-state index in [-0.39, 0.29) is 16.6 Å². The van der Waals surface area contributed by atoms with Crippen molar-refractivity contribution >= 4 is 23.1 Å². The second-order valence-electron chi connectivity index (χ2n) is 10.2. The third-order valence-corrected chi connectivity index (χ3v) is 6.38. The fourth-order valence-electron chi connectivity index (χ4n) is 4.22. The van der Waals surface area contributed by atoms with Crippen LogP contribution in [0.4, 0.5) is 24.7 Å². The van der Waals surface area contributed by atoms with Crippen LogP contribution in [0.25, 0.3) is 5.65 Å². The Morgan fingerprint density at radius 1 is 1.24 bits per heavy atom. The number of anilines is 2. The number of hydrogen-bond donors (Lipinski definition) is 2. The Hall–Kier alpha value is -3.15. The van der Waals surface area contributed by atoms with E-state index in [0.717, 1.165) is 26.2 Å². The molecular formula is C22H27F3N8O. The summed E-state index contributed by atoms with van der Waals surface area (Å²) in [5.41, 5.74) is -1.59. The molecule has 0 atom stereocenters. The number of nitrogens with zero attached hydrogens (tertiary/aromatic N) is 6. The molecule has 0 radical (unpaired) electrons. The van der Waals surface area contributed by atoms with Crippen LogP contribution < -0.4 is 15.5 Å². The van der Waals surface area contributed by atoms with Crippen molar-refractivity contribution in [2.75, 3.05) is 36.4 Å². The Bertz CT molecular complexity index is 1240. The number of carbonyl (C=O) groups excluding carboxylic acids is 1. The lowest BCUT2D eigenvalue weighted by Gasteiger charge is -2.24. The first-order chi connectivity index (χ1) is 16.0. The molecule has 0 aromatic carbocycles. The van der Waals surface area contributed by atoms with Crippen molar-refractivity contribution in [1.29, 1.82) is 0 Å². The first-order valence-electron chi connectivity index (χ1n) is 11.2. The van der Waals surface area contributed by atoms with Gasteiger partial charge in [-0.15, -0.1) is 0 Å². The van der Waals surface area contributed by atoms with E-state index in [0.29, 0.717) is 5.82 Å². The first kappa shape index (κ1) is 22.6. The molecule has 1 amide bonds. The summed E-state index contributed by atoms with van der Waals surface area (Å²) in [5.74, 6) is -0.0108. The zero-order chi connectivity index (χ0) is 24.3. The fourth-order valence-corrected chi connectivity index (χ4v) is 4.22. The molecule has 1 spiro atoms. The van der Waals surface area contributed by atoms with E-state index in [9.17, 15) is 18.0 Å². The standard InChI is InChI=1S/C22H27F3N8O/c1-20(2,3)33-11-15(17(30-33)22(23,24)25)28-19(34)14-10-27-32-8-4-16(29-18(14)32)31-9-7-26-12-21(13-31)5-6-21/h4,8,10-11,26H,5-7,9,12-13H2,1-3H3,(H,28,34). The van der Waals surface area contributed by atoms with Crippen molar-refractivity contribution in [2.45, 2.75) is 45.3 Å². The van der Waals surface area contributed by atoms with Gasteiger partial charge in [-0.25, -0.2) is 9.50 Å². The topological polar surface area (TPSA) is 92.4 Å². The van der Waals surface area contributed by atoms with Crippen molar-refractivity contribution in [3.63, 3.8) is 0 Å². The second kappa shape index (κ2) is 7.69. The molecular weight excluding hydrogens is 449 g/mol. The summed E-state index contributed by atoms with van der Waals surface area (Å²) >= 11 is 0. The molecule has 2 fully saturated rings. The molecule has 0 bridgehead atoms. The van der Waals surface area contributed by atoms with Gasteiger partial charge in [0, 0.05) is 44.0 Å². The number of nitrogens with one attached hydrogen (secondary N) is 2. The molecule has 3 aromatic heterocycles. The molecule has 1 saturated carbocycles. The summed E-state index contributed by atoms with van der Waals surface area (Å²) in [5, 5.41) is 13.7. The van der Waals surface area contributed by atoms with Crippen molar-refractivity contribution in [1.82, 2.24) is 29.7 Å². The number of fused-ring (bicyclic) bond motifs is 1. The van der Waals surface area contributed by atoms with Gasteiger partial charge in [-0.3, -0.25) is 9.48 Å². The molecule has 12 heteroatoms. The number of carbonyl (C=O) groups is 1. The van der Waals surface area contributed by atoms with E-state index in [4.69, 9.17) is 0 Å². The van der Waals surface area contributed by atoms with E-state index in [1.165, 1.54) is 34.4 Å². The number of aromatic nitrogens is 5. The third-order valence-electron chi connectivity index (χ3n) is 6.38.